The molecule has 7 heteroatoms. The number of benzene rings is 1. The molecule has 51 heavy (non-hydrogen) atoms. The van der Waals surface area contributed by atoms with Crippen LogP contribution in [0.5, 0.6) is 0 Å². The second-order valence-corrected chi connectivity index (χ2v) is 19.8. The van der Waals surface area contributed by atoms with Crippen LogP contribution in [0.25, 0.3) is 0 Å². The second kappa shape index (κ2) is 13.6. The van der Waals surface area contributed by atoms with Gasteiger partial charge >= 0.3 is 5.97 Å². The zero-order chi connectivity index (χ0) is 37.3. The summed E-state index contributed by atoms with van der Waals surface area (Å²) < 4.78 is 5.97. The highest BCUT2D eigenvalue weighted by Gasteiger charge is 2.70. The molecule has 4 fully saturated rings. The largest absolute Gasteiger partial charge is 0.462 e. The van der Waals surface area contributed by atoms with Gasteiger partial charge < -0.3 is 14.5 Å². The highest BCUT2D eigenvalue weighted by atomic mass is 35.5. The minimum atomic E-state index is -0.400. The van der Waals surface area contributed by atoms with Gasteiger partial charge in [-0.3, -0.25) is 14.4 Å². The Kier molecular flexibility index (Phi) is 10.3. The van der Waals surface area contributed by atoms with Gasteiger partial charge in [0.2, 0.25) is 5.91 Å². The fourth-order valence-corrected chi connectivity index (χ4v) is 13.3. The normalized spacial score (nSPS) is 37.1. The molecule has 0 unspecified atom stereocenters. The predicted molar refractivity (Wildman–Crippen MR) is 205 cm³/mol. The number of hydrogen-bond acceptors (Lipinski definition) is 5. The van der Waals surface area contributed by atoms with E-state index in [0.717, 1.165) is 69.0 Å². The average molecular weight is 721 g/mol. The number of nitrogens with zero attached hydrogens (tertiary/aromatic N) is 2. The van der Waals surface area contributed by atoms with Crippen molar-refractivity contribution in [1.29, 1.82) is 0 Å². The van der Waals surface area contributed by atoms with Crippen LogP contribution in [0, 0.1) is 50.7 Å². The van der Waals surface area contributed by atoms with Crippen LogP contribution in [0.1, 0.15) is 125 Å². The van der Waals surface area contributed by atoms with E-state index in [2.05, 4.69) is 53.4 Å². The molecule has 0 saturated heterocycles. The van der Waals surface area contributed by atoms with Crippen molar-refractivity contribution in [2.24, 2.45) is 50.7 Å². The Morgan fingerprint density at radius 3 is 2.20 bits per heavy atom. The molecule has 6 rings (SSSR count). The van der Waals surface area contributed by atoms with Gasteiger partial charge in [-0.15, -0.1) is 0 Å². The number of amides is 1. The average Bonchev–Trinajstić information content (AvgIpc) is 3.33. The topological polar surface area (TPSA) is 66.9 Å². The molecular weight excluding hydrogens is 656 g/mol. The van der Waals surface area contributed by atoms with Gasteiger partial charge in [0.05, 0.1) is 0 Å². The van der Waals surface area contributed by atoms with Crippen molar-refractivity contribution in [2.75, 3.05) is 27.2 Å². The number of esters is 1. The molecule has 0 N–H and O–H groups in total. The van der Waals surface area contributed by atoms with Crippen molar-refractivity contribution in [1.82, 2.24) is 9.80 Å². The van der Waals surface area contributed by atoms with Crippen molar-refractivity contribution in [3.8, 4) is 0 Å². The van der Waals surface area contributed by atoms with E-state index < -0.39 is 5.41 Å². The Hall–Kier alpha value is -2.18. The van der Waals surface area contributed by atoms with Crippen LogP contribution in [0.3, 0.4) is 0 Å². The maximum Gasteiger partial charge on any atom is 0.302 e. The van der Waals surface area contributed by atoms with Gasteiger partial charge in [0.25, 0.3) is 0 Å². The number of hydrogen-bond donors (Lipinski definition) is 0. The van der Waals surface area contributed by atoms with Gasteiger partial charge in [-0.25, -0.2) is 0 Å². The van der Waals surface area contributed by atoms with E-state index in [1.807, 2.05) is 43.3 Å². The molecule has 0 spiro atoms. The molecule has 0 bridgehead atoms. The van der Waals surface area contributed by atoms with Gasteiger partial charge in [-0.2, -0.15) is 0 Å². The van der Waals surface area contributed by atoms with Gasteiger partial charge in [-0.05, 0) is 129 Å². The number of fused-ring (bicyclic) bond motifs is 7. The number of rotatable bonds is 9. The van der Waals surface area contributed by atoms with Crippen molar-refractivity contribution < 1.29 is 19.1 Å². The lowest BCUT2D eigenvalue weighted by molar-refractivity contribution is -0.232. The lowest BCUT2D eigenvalue weighted by Gasteiger charge is -2.72. The van der Waals surface area contributed by atoms with E-state index in [9.17, 15) is 14.4 Å². The van der Waals surface area contributed by atoms with Crippen LogP contribution in [-0.4, -0.2) is 60.7 Å². The van der Waals surface area contributed by atoms with E-state index in [-0.39, 0.29) is 51.3 Å². The van der Waals surface area contributed by atoms with Crippen LogP contribution in [0.2, 0.25) is 5.02 Å². The summed E-state index contributed by atoms with van der Waals surface area (Å²) in [5, 5.41) is 0.693. The molecule has 282 valence electrons. The smallest absolute Gasteiger partial charge is 0.302 e. The highest BCUT2D eigenvalue weighted by Crippen LogP contribution is 2.77. The van der Waals surface area contributed by atoms with Crippen molar-refractivity contribution in [3.05, 3.63) is 46.0 Å². The third kappa shape index (κ3) is 6.34. The fraction of sp³-hybridized carbons (Fsp3) is 0.750. The van der Waals surface area contributed by atoms with Gasteiger partial charge in [0.1, 0.15) is 6.10 Å². The first-order chi connectivity index (χ1) is 23.8. The van der Waals surface area contributed by atoms with E-state index in [1.165, 1.54) is 5.57 Å². The Labute approximate surface area is 313 Å². The summed E-state index contributed by atoms with van der Waals surface area (Å²) in [6.45, 7) is 20.4. The summed E-state index contributed by atoms with van der Waals surface area (Å²) in [5.74, 6) is 1.78. The van der Waals surface area contributed by atoms with Crippen LogP contribution < -0.4 is 0 Å². The van der Waals surface area contributed by atoms with Crippen LogP contribution in [0.4, 0.5) is 0 Å². The SMILES string of the molecule is CC(=O)O[C@H]1CC[C@]2(C)[C@H]3CC[C@@H]4C5=C(C(C)C)C(=O)C[C@]5(CC(=O)N(CCN(C)C)Cc5ccc(Cl)cc5)CC[C@@]4(C)[C@]3(C)CC[C@H]2C1(C)C. The Bertz CT molecular complexity index is 1560. The Morgan fingerprint density at radius 2 is 1.57 bits per heavy atom. The fourth-order valence-electron chi connectivity index (χ4n) is 13.2. The monoisotopic (exact) mass is 720 g/mol. The third-order valence-electron chi connectivity index (χ3n) is 15.8. The summed E-state index contributed by atoms with van der Waals surface area (Å²) >= 11 is 6.21. The lowest BCUT2D eigenvalue weighted by atomic mass is 9.33. The molecule has 8 atom stereocenters. The van der Waals surface area contributed by atoms with Crippen LogP contribution in [-0.2, 0) is 25.7 Å². The number of ketones is 1. The predicted octanol–water partition coefficient (Wildman–Crippen LogP) is 9.53. The third-order valence-corrected chi connectivity index (χ3v) is 16.0. The van der Waals surface area contributed by atoms with E-state index >= 15 is 0 Å². The summed E-state index contributed by atoms with van der Waals surface area (Å²) in [6, 6.07) is 7.83. The molecule has 0 heterocycles. The van der Waals surface area contributed by atoms with Crippen molar-refractivity contribution in [3.63, 3.8) is 0 Å². The van der Waals surface area contributed by atoms with Gasteiger partial charge in [0.15, 0.2) is 5.78 Å². The number of Topliss-reactive ketones (excluding diaryl/α,β-unsaturated/α-hetero) is 1. The molecular formula is C44H65ClN2O4. The molecule has 1 aromatic carbocycles. The van der Waals surface area contributed by atoms with Crippen molar-refractivity contribution >= 4 is 29.3 Å². The number of halogens is 1. The van der Waals surface area contributed by atoms with E-state index in [0.29, 0.717) is 48.7 Å². The van der Waals surface area contributed by atoms with Gasteiger partial charge in [0, 0.05) is 55.3 Å². The highest BCUT2D eigenvalue weighted by molar-refractivity contribution is 6.30. The quantitative estimate of drug-likeness (QED) is 0.238. The molecule has 1 amide bonds. The first-order valence-electron chi connectivity index (χ1n) is 19.9. The van der Waals surface area contributed by atoms with Crippen LogP contribution in [0.15, 0.2) is 35.4 Å². The van der Waals surface area contributed by atoms with Gasteiger partial charge in [-0.1, -0.05) is 77.8 Å². The zero-order valence-corrected chi connectivity index (χ0v) is 34.0. The maximum atomic E-state index is 14.6. The molecule has 0 aromatic heterocycles. The zero-order valence-electron chi connectivity index (χ0n) is 33.3. The summed E-state index contributed by atoms with van der Waals surface area (Å²) in [7, 11) is 4.10. The van der Waals surface area contributed by atoms with Crippen molar-refractivity contribution in [2.45, 2.75) is 132 Å². The second-order valence-electron chi connectivity index (χ2n) is 19.4. The molecule has 4 saturated carbocycles. The van der Waals surface area contributed by atoms with E-state index in [4.69, 9.17) is 16.3 Å². The number of carbonyl (C=O) groups excluding carboxylic acids is 3. The molecule has 1 aromatic rings. The standard InChI is InChI=1S/C44H65ClN2O4/c1-28(2)38-33(49)25-44(26-37(50)47(24-23-46(9)10)27-30-11-13-31(45)14-12-30)22-21-42(7)32(39(38)44)15-16-35-41(6)19-18-36(51-29(3)48)40(4,5)34(41)17-20-43(35,42)8/h11-14,28,32,34-36H,15-27H2,1-10H3/t32-,34+,35-,36+,41+,42-,43-,44+/m1/s1. The number of carbonyl (C=O) groups is 3. The lowest BCUT2D eigenvalue weighted by Crippen LogP contribution is -2.65. The minimum Gasteiger partial charge on any atom is -0.462 e. The number of ether oxygens (including phenoxy) is 1. The first kappa shape index (κ1) is 38.5. The summed E-state index contributed by atoms with van der Waals surface area (Å²) in [5.41, 5.74) is 3.34. The molecule has 5 aliphatic rings. The molecule has 6 nitrogen and oxygen atoms in total. The minimum absolute atomic E-state index is 0.0302. The first-order valence-corrected chi connectivity index (χ1v) is 20.3. The molecule has 0 radical (unpaired) electrons. The Morgan fingerprint density at radius 1 is 0.882 bits per heavy atom. The summed E-state index contributed by atoms with van der Waals surface area (Å²) in [4.78, 5) is 45.1. The summed E-state index contributed by atoms with van der Waals surface area (Å²) in [6.07, 6.45) is 9.34. The number of likely N-dealkylation sites (N-methyl/N-ethyl adjacent to an activating group) is 1. The Balaban J connectivity index is 1.33. The molecule has 5 aliphatic carbocycles. The number of allylic oxidation sites excluding steroid dienone is 2. The maximum absolute atomic E-state index is 14.6. The van der Waals surface area contributed by atoms with Crippen LogP contribution >= 0.6 is 11.6 Å². The molecule has 0 aliphatic heterocycles. The van der Waals surface area contributed by atoms with E-state index in [1.54, 1.807) is 6.92 Å².